The first-order chi connectivity index (χ1) is 9.66. The molecule has 0 aliphatic heterocycles. The second-order valence-corrected chi connectivity index (χ2v) is 5.89. The minimum Gasteiger partial charge on any atom is -0.354 e. The van der Waals surface area contributed by atoms with Gasteiger partial charge in [0.25, 0.3) is 0 Å². The van der Waals surface area contributed by atoms with Crippen LogP contribution < -0.4 is 5.32 Å². The maximum absolute atomic E-state index is 12.0. The maximum atomic E-state index is 12.0. The van der Waals surface area contributed by atoms with Crippen molar-refractivity contribution in [1.82, 2.24) is 5.32 Å². The van der Waals surface area contributed by atoms with Crippen molar-refractivity contribution in [2.75, 3.05) is 6.54 Å². The fourth-order valence-electron chi connectivity index (χ4n) is 2.03. The van der Waals surface area contributed by atoms with Gasteiger partial charge in [0.15, 0.2) is 0 Å². The molecule has 0 radical (unpaired) electrons. The van der Waals surface area contributed by atoms with E-state index in [9.17, 15) is 4.79 Å². The van der Waals surface area contributed by atoms with E-state index < -0.39 is 0 Å². The largest absolute Gasteiger partial charge is 0.354 e. The zero-order valence-electron chi connectivity index (χ0n) is 11.5. The molecule has 20 heavy (non-hydrogen) atoms. The van der Waals surface area contributed by atoms with Gasteiger partial charge < -0.3 is 5.32 Å². The Bertz CT molecular complexity index is 568. The van der Waals surface area contributed by atoms with Crippen molar-refractivity contribution in [3.05, 3.63) is 71.3 Å². The normalized spacial score (nSPS) is 11.9. The highest BCUT2D eigenvalue weighted by atomic mass is 79.9. The predicted octanol–water partition coefficient (Wildman–Crippen LogP) is 3.79. The summed E-state index contributed by atoms with van der Waals surface area (Å²) in [5, 5.41) is 2.97. The number of alkyl halides is 1. The van der Waals surface area contributed by atoms with Crippen LogP contribution in [0.3, 0.4) is 0 Å². The summed E-state index contributed by atoms with van der Waals surface area (Å²) in [5.41, 5.74) is 3.40. The topological polar surface area (TPSA) is 29.1 Å². The molecule has 0 fully saturated rings. The smallest absolute Gasteiger partial charge is 0.224 e. The van der Waals surface area contributed by atoms with Crippen LogP contribution >= 0.6 is 15.9 Å². The maximum Gasteiger partial charge on any atom is 0.224 e. The second-order valence-electron chi connectivity index (χ2n) is 4.79. The molecular formula is C17H18BrNO. The molecule has 0 aliphatic carbocycles. The van der Waals surface area contributed by atoms with E-state index in [0.717, 1.165) is 11.1 Å². The van der Waals surface area contributed by atoms with Gasteiger partial charge in [0.05, 0.1) is 11.2 Å². The van der Waals surface area contributed by atoms with Crippen molar-refractivity contribution < 1.29 is 4.79 Å². The number of rotatable bonds is 5. The third kappa shape index (κ3) is 4.20. The number of amides is 1. The Balaban J connectivity index is 1.85. The van der Waals surface area contributed by atoms with Gasteiger partial charge in [0.1, 0.15) is 0 Å². The molecule has 2 aromatic rings. The van der Waals surface area contributed by atoms with E-state index in [4.69, 9.17) is 0 Å². The van der Waals surface area contributed by atoms with Gasteiger partial charge in [-0.05, 0) is 23.6 Å². The lowest BCUT2D eigenvalue weighted by atomic mass is 10.1. The van der Waals surface area contributed by atoms with Crippen LogP contribution in [-0.2, 0) is 11.2 Å². The van der Waals surface area contributed by atoms with Crippen molar-refractivity contribution in [2.45, 2.75) is 18.2 Å². The monoisotopic (exact) mass is 331 g/mol. The van der Waals surface area contributed by atoms with Crippen molar-refractivity contribution in [1.29, 1.82) is 0 Å². The van der Waals surface area contributed by atoms with Crippen LogP contribution in [0.1, 0.15) is 21.5 Å². The Kier molecular flexibility index (Phi) is 5.36. The first-order valence-corrected chi connectivity index (χ1v) is 7.58. The summed E-state index contributed by atoms with van der Waals surface area (Å²) in [6.45, 7) is 2.62. The fraction of sp³-hybridized carbons (Fsp3) is 0.235. The van der Waals surface area contributed by atoms with Gasteiger partial charge in [-0.3, -0.25) is 4.79 Å². The first-order valence-electron chi connectivity index (χ1n) is 6.67. The number of nitrogens with one attached hydrogen (secondary N) is 1. The third-order valence-electron chi connectivity index (χ3n) is 3.25. The minimum absolute atomic E-state index is 0.0553. The van der Waals surface area contributed by atoms with Crippen LogP contribution in [0.4, 0.5) is 0 Å². The Morgan fingerprint density at radius 1 is 1.10 bits per heavy atom. The molecule has 0 aliphatic rings. The van der Waals surface area contributed by atoms with Gasteiger partial charge in [0.2, 0.25) is 5.91 Å². The average Bonchev–Trinajstić information content (AvgIpc) is 2.48. The summed E-state index contributed by atoms with van der Waals surface area (Å²) in [4.78, 5) is 12.1. The molecule has 1 N–H and O–H groups in total. The summed E-state index contributed by atoms with van der Waals surface area (Å²) in [6, 6.07) is 18.1. The Morgan fingerprint density at radius 2 is 1.75 bits per heavy atom. The average molecular weight is 332 g/mol. The third-order valence-corrected chi connectivity index (χ3v) is 4.10. The molecule has 0 spiro atoms. The number of carbonyl (C=O) groups excluding carboxylic acids is 1. The highest BCUT2D eigenvalue weighted by Crippen LogP contribution is 2.21. The minimum atomic E-state index is 0.0553. The highest BCUT2D eigenvalue weighted by molar-refractivity contribution is 9.09. The van der Waals surface area contributed by atoms with E-state index in [0.29, 0.717) is 13.0 Å². The Hall–Kier alpha value is -1.61. The van der Waals surface area contributed by atoms with Gasteiger partial charge in [-0.15, -0.1) is 0 Å². The van der Waals surface area contributed by atoms with Gasteiger partial charge in [-0.2, -0.15) is 0 Å². The summed E-state index contributed by atoms with van der Waals surface area (Å²) < 4.78 is 0. The van der Waals surface area contributed by atoms with Crippen LogP contribution in [0.25, 0.3) is 0 Å². The summed E-state index contributed by atoms with van der Waals surface area (Å²) in [5.74, 6) is 0.0553. The zero-order valence-corrected chi connectivity index (χ0v) is 13.1. The first kappa shape index (κ1) is 14.8. The van der Waals surface area contributed by atoms with Crippen LogP contribution in [0.2, 0.25) is 0 Å². The zero-order chi connectivity index (χ0) is 14.4. The van der Waals surface area contributed by atoms with Crippen LogP contribution in [0, 0.1) is 6.92 Å². The van der Waals surface area contributed by atoms with Crippen molar-refractivity contribution in [3.8, 4) is 0 Å². The number of aryl methyl sites for hydroxylation is 1. The molecule has 1 amide bonds. The molecule has 0 saturated carbocycles. The Morgan fingerprint density at radius 3 is 2.45 bits per heavy atom. The van der Waals surface area contributed by atoms with Gasteiger partial charge in [0, 0.05) is 6.54 Å². The highest BCUT2D eigenvalue weighted by Gasteiger charge is 2.10. The van der Waals surface area contributed by atoms with E-state index in [2.05, 4.69) is 21.2 Å². The SMILES string of the molecule is Cc1ccccc1CC(=O)NCC(Br)c1ccccc1. The molecule has 0 bridgehead atoms. The number of carbonyl (C=O) groups is 1. The van der Waals surface area contributed by atoms with E-state index >= 15 is 0 Å². The number of hydrogen-bond acceptors (Lipinski definition) is 1. The van der Waals surface area contributed by atoms with Crippen LogP contribution in [-0.4, -0.2) is 12.5 Å². The van der Waals surface area contributed by atoms with Crippen molar-refractivity contribution in [2.24, 2.45) is 0 Å². The molecule has 3 heteroatoms. The lowest BCUT2D eigenvalue weighted by Crippen LogP contribution is -2.28. The molecule has 104 valence electrons. The van der Waals surface area contributed by atoms with E-state index in [-0.39, 0.29) is 10.7 Å². The standard InChI is InChI=1S/C17H18BrNO/c1-13-7-5-6-10-15(13)11-17(20)19-12-16(18)14-8-3-2-4-9-14/h2-10,16H,11-12H2,1H3,(H,19,20). The van der Waals surface area contributed by atoms with E-state index in [1.54, 1.807) is 0 Å². The van der Waals surface area contributed by atoms with E-state index in [1.807, 2.05) is 61.5 Å². The number of hydrogen-bond donors (Lipinski definition) is 1. The lowest BCUT2D eigenvalue weighted by Gasteiger charge is -2.12. The molecule has 1 unspecified atom stereocenters. The summed E-state index contributed by atoms with van der Waals surface area (Å²) in [7, 11) is 0. The fourth-order valence-corrected chi connectivity index (χ4v) is 2.49. The van der Waals surface area contributed by atoms with E-state index in [1.165, 1.54) is 5.56 Å². The Labute approximate surface area is 128 Å². The quantitative estimate of drug-likeness (QED) is 0.830. The molecule has 0 saturated heterocycles. The molecule has 0 aromatic heterocycles. The second kappa shape index (κ2) is 7.25. The lowest BCUT2D eigenvalue weighted by molar-refractivity contribution is -0.120. The van der Waals surface area contributed by atoms with Gasteiger partial charge in [-0.1, -0.05) is 70.5 Å². The molecule has 2 aromatic carbocycles. The molecule has 2 nitrogen and oxygen atoms in total. The van der Waals surface area contributed by atoms with Crippen molar-refractivity contribution >= 4 is 21.8 Å². The number of halogens is 1. The van der Waals surface area contributed by atoms with Crippen LogP contribution in [0.5, 0.6) is 0 Å². The van der Waals surface area contributed by atoms with Gasteiger partial charge >= 0.3 is 0 Å². The van der Waals surface area contributed by atoms with Gasteiger partial charge in [-0.25, -0.2) is 0 Å². The molecule has 0 heterocycles. The molecule has 1 atom stereocenters. The van der Waals surface area contributed by atoms with Crippen molar-refractivity contribution in [3.63, 3.8) is 0 Å². The molecular weight excluding hydrogens is 314 g/mol. The summed E-state index contributed by atoms with van der Waals surface area (Å²) in [6.07, 6.45) is 0.432. The van der Waals surface area contributed by atoms with Crippen LogP contribution in [0.15, 0.2) is 54.6 Å². The summed E-state index contributed by atoms with van der Waals surface area (Å²) >= 11 is 3.60. The number of benzene rings is 2. The molecule has 2 rings (SSSR count). The predicted molar refractivity (Wildman–Crippen MR) is 86.0 cm³/mol.